The van der Waals surface area contributed by atoms with Gasteiger partial charge in [0.2, 0.25) is 6.04 Å². The van der Waals surface area contributed by atoms with Crippen LogP contribution in [-0.2, 0) is 9.59 Å². The summed E-state index contributed by atoms with van der Waals surface area (Å²) in [4.78, 5) is 25.0. The number of nitrogens with one attached hydrogen (secondary N) is 1. The van der Waals surface area contributed by atoms with Gasteiger partial charge in [0.15, 0.2) is 17.3 Å². The van der Waals surface area contributed by atoms with Crippen LogP contribution in [0.2, 0.25) is 5.02 Å². The number of carbonyl (C=O) groups excluding carboxylic acids is 2. The summed E-state index contributed by atoms with van der Waals surface area (Å²) in [5.41, 5.74) is 0.520. The van der Waals surface area contributed by atoms with Crippen LogP contribution in [0, 0.1) is 0 Å². The van der Waals surface area contributed by atoms with Crippen molar-refractivity contribution < 1.29 is 28.5 Å². The van der Waals surface area contributed by atoms with E-state index in [1.165, 1.54) is 27.2 Å². The van der Waals surface area contributed by atoms with E-state index >= 15 is 0 Å². The highest BCUT2D eigenvalue weighted by Crippen LogP contribution is 2.38. The number of nitrogens with zero attached hydrogens (tertiary/aromatic N) is 2. The molecule has 32 heavy (non-hydrogen) atoms. The third-order valence-electron chi connectivity index (χ3n) is 4.19. The van der Waals surface area contributed by atoms with E-state index in [9.17, 15) is 9.59 Å². The highest BCUT2D eigenvalue weighted by atomic mass is 35.5. The maximum atomic E-state index is 12.8. The van der Waals surface area contributed by atoms with E-state index in [1.807, 2.05) is 13.8 Å². The molecule has 2 aromatic carbocycles. The summed E-state index contributed by atoms with van der Waals surface area (Å²) >= 11 is 6.25. The molecule has 10 heteroatoms. The number of hydrogen-bond donors (Lipinski definition) is 1. The third kappa shape index (κ3) is 6.10. The lowest BCUT2D eigenvalue weighted by Crippen LogP contribution is -2.32. The van der Waals surface area contributed by atoms with Crippen LogP contribution < -0.4 is 24.3 Å². The monoisotopic (exact) mass is 463 g/mol. The van der Waals surface area contributed by atoms with Crippen LogP contribution in [0.3, 0.4) is 0 Å². The number of benzene rings is 2. The van der Waals surface area contributed by atoms with Crippen molar-refractivity contribution in [1.29, 1.82) is 0 Å². The van der Waals surface area contributed by atoms with Gasteiger partial charge in [-0.1, -0.05) is 17.7 Å². The number of azo groups is 1. The van der Waals surface area contributed by atoms with Gasteiger partial charge in [0.05, 0.1) is 32.5 Å². The molecule has 1 atom stereocenters. The van der Waals surface area contributed by atoms with Crippen LogP contribution >= 0.6 is 11.6 Å². The lowest BCUT2D eigenvalue weighted by Gasteiger charge is -2.15. The average Bonchev–Trinajstić information content (AvgIpc) is 2.76. The molecule has 0 fully saturated rings. The van der Waals surface area contributed by atoms with Gasteiger partial charge in [-0.3, -0.25) is 9.59 Å². The molecule has 0 radical (unpaired) electrons. The van der Waals surface area contributed by atoms with E-state index in [2.05, 4.69) is 15.5 Å². The smallest absolute Gasteiger partial charge is 0.258 e. The molecule has 0 bridgehead atoms. The Bertz CT molecular complexity index is 996. The normalized spacial score (nSPS) is 11.7. The number of carbonyl (C=O) groups is 2. The molecule has 0 saturated carbocycles. The number of rotatable bonds is 11. The zero-order valence-electron chi connectivity index (χ0n) is 18.6. The molecular formula is C22H26ClN3O6. The largest absolute Gasteiger partial charge is 0.497 e. The van der Waals surface area contributed by atoms with Crippen molar-refractivity contribution in [2.75, 3.05) is 32.8 Å². The molecule has 0 spiro atoms. The SMILES string of the molecule is CCOc1cccc(N=NC(C(C)=O)C(=O)Nc2c(Cl)cc(OC)cc2OC)c1OCC. The standard InChI is InChI=1S/C22H26ClN3O6/c1-6-31-17-10-8-9-16(21(17)32-7-2)25-26-19(13(3)27)22(28)24-20-15(23)11-14(29-4)12-18(20)30-5/h8-12,19H,6-7H2,1-5H3,(H,24,28). The minimum Gasteiger partial charge on any atom is -0.497 e. The van der Waals surface area contributed by atoms with E-state index in [-0.39, 0.29) is 16.5 Å². The first kappa shape index (κ1) is 24.9. The van der Waals surface area contributed by atoms with Gasteiger partial charge in [0, 0.05) is 12.1 Å². The van der Waals surface area contributed by atoms with Crippen LogP contribution in [0.4, 0.5) is 11.4 Å². The van der Waals surface area contributed by atoms with Gasteiger partial charge in [-0.2, -0.15) is 10.2 Å². The van der Waals surface area contributed by atoms with Gasteiger partial charge >= 0.3 is 0 Å². The molecule has 0 saturated heterocycles. The fraction of sp³-hybridized carbons (Fsp3) is 0.364. The first-order valence-electron chi connectivity index (χ1n) is 9.88. The van der Waals surface area contributed by atoms with Crippen molar-refractivity contribution in [1.82, 2.24) is 0 Å². The van der Waals surface area contributed by atoms with Crippen molar-refractivity contribution in [2.24, 2.45) is 10.2 Å². The van der Waals surface area contributed by atoms with E-state index in [0.29, 0.717) is 36.1 Å². The number of anilines is 1. The molecule has 1 amide bonds. The Morgan fingerprint density at radius 2 is 1.78 bits per heavy atom. The van der Waals surface area contributed by atoms with Gasteiger partial charge in [-0.15, -0.1) is 0 Å². The second-order valence-corrected chi connectivity index (χ2v) is 6.78. The number of halogens is 1. The number of Topliss-reactive ketones (excluding diaryl/α,β-unsaturated/α-hetero) is 1. The zero-order chi connectivity index (χ0) is 23.7. The number of hydrogen-bond acceptors (Lipinski definition) is 8. The van der Waals surface area contributed by atoms with Crippen LogP contribution in [0.15, 0.2) is 40.6 Å². The van der Waals surface area contributed by atoms with E-state index in [4.69, 9.17) is 30.5 Å². The van der Waals surface area contributed by atoms with Crippen LogP contribution in [0.1, 0.15) is 20.8 Å². The number of methoxy groups -OCH3 is 2. The summed E-state index contributed by atoms with van der Waals surface area (Å²) in [7, 11) is 2.90. The maximum Gasteiger partial charge on any atom is 0.258 e. The lowest BCUT2D eigenvalue weighted by atomic mass is 10.2. The molecule has 0 aromatic heterocycles. The predicted octanol–water partition coefficient (Wildman–Crippen LogP) is 4.83. The fourth-order valence-electron chi connectivity index (χ4n) is 2.73. The van der Waals surface area contributed by atoms with Gasteiger partial charge < -0.3 is 24.3 Å². The minimum absolute atomic E-state index is 0.178. The summed E-state index contributed by atoms with van der Waals surface area (Å²) in [6.45, 7) is 5.72. The number of amides is 1. The van der Waals surface area contributed by atoms with E-state index < -0.39 is 17.7 Å². The van der Waals surface area contributed by atoms with Crippen LogP contribution in [0.5, 0.6) is 23.0 Å². The number of ether oxygens (including phenoxy) is 4. The summed E-state index contributed by atoms with van der Waals surface area (Å²) in [5, 5.41) is 10.8. The topological polar surface area (TPSA) is 108 Å². The average molecular weight is 464 g/mol. The molecule has 1 unspecified atom stereocenters. The first-order valence-corrected chi connectivity index (χ1v) is 10.3. The molecule has 0 aliphatic heterocycles. The molecule has 2 aromatic rings. The quantitative estimate of drug-likeness (QED) is 0.377. The van der Waals surface area contributed by atoms with Crippen molar-refractivity contribution >= 4 is 34.7 Å². The second kappa shape index (κ2) is 11.9. The van der Waals surface area contributed by atoms with Gasteiger partial charge in [0.25, 0.3) is 5.91 Å². The summed E-state index contributed by atoms with van der Waals surface area (Å²) in [5.74, 6) is 0.363. The molecule has 1 N–H and O–H groups in total. The van der Waals surface area contributed by atoms with Crippen LogP contribution in [0.25, 0.3) is 0 Å². The first-order chi connectivity index (χ1) is 15.4. The highest BCUT2D eigenvalue weighted by Gasteiger charge is 2.26. The van der Waals surface area contributed by atoms with E-state index in [0.717, 1.165) is 0 Å². The summed E-state index contributed by atoms with van der Waals surface area (Å²) < 4.78 is 21.6. The molecule has 0 aliphatic rings. The van der Waals surface area contributed by atoms with Crippen molar-refractivity contribution in [2.45, 2.75) is 26.8 Å². The summed E-state index contributed by atoms with van der Waals surface area (Å²) in [6, 6.07) is 6.75. The molecule has 2 rings (SSSR count). The third-order valence-corrected chi connectivity index (χ3v) is 4.49. The lowest BCUT2D eigenvalue weighted by molar-refractivity contribution is -0.126. The minimum atomic E-state index is -1.41. The predicted molar refractivity (Wildman–Crippen MR) is 121 cm³/mol. The van der Waals surface area contributed by atoms with Gasteiger partial charge in [-0.05, 0) is 32.9 Å². The fourth-order valence-corrected chi connectivity index (χ4v) is 2.98. The van der Waals surface area contributed by atoms with Crippen molar-refractivity contribution in [3.8, 4) is 23.0 Å². The molecule has 172 valence electrons. The Morgan fingerprint density at radius 3 is 2.38 bits per heavy atom. The Morgan fingerprint density at radius 1 is 1.06 bits per heavy atom. The van der Waals surface area contributed by atoms with Crippen molar-refractivity contribution in [3.63, 3.8) is 0 Å². The van der Waals surface area contributed by atoms with Gasteiger partial charge in [0.1, 0.15) is 22.9 Å². The van der Waals surface area contributed by atoms with Crippen LogP contribution in [-0.4, -0.2) is 45.2 Å². The summed E-state index contributed by atoms with van der Waals surface area (Å²) in [6.07, 6.45) is 0. The molecule has 9 nitrogen and oxygen atoms in total. The second-order valence-electron chi connectivity index (χ2n) is 6.37. The van der Waals surface area contributed by atoms with Crippen molar-refractivity contribution in [3.05, 3.63) is 35.4 Å². The highest BCUT2D eigenvalue weighted by molar-refractivity contribution is 6.34. The number of ketones is 1. The molecular weight excluding hydrogens is 438 g/mol. The van der Waals surface area contributed by atoms with E-state index in [1.54, 1.807) is 24.3 Å². The zero-order valence-corrected chi connectivity index (χ0v) is 19.4. The Hall–Kier alpha value is -3.33. The Balaban J connectivity index is 2.34. The Kier molecular flexibility index (Phi) is 9.27. The maximum absolute atomic E-state index is 12.8. The number of para-hydroxylation sites is 1. The van der Waals surface area contributed by atoms with Gasteiger partial charge in [-0.25, -0.2) is 0 Å². The molecule has 0 aliphatic carbocycles. The Labute approximate surface area is 191 Å². The molecule has 0 heterocycles.